The van der Waals surface area contributed by atoms with Crippen LogP contribution in [0.15, 0.2) is 78.9 Å². The summed E-state index contributed by atoms with van der Waals surface area (Å²) in [5, 5.41) is 8.55. The molecule has 0 saturated carbocycles. The standard InChI is InChI=1S/C22H16O3/c23-22(24)14-11-17-9-12-21(13-10-17)25-16-18-5-4-8-20(15-18)19-6-2-1-3-7-19/h1-10,12-13,15H,16H2,(H,23,24). The van der Waals surface area contributed by atoms with E-state index in [9.17, 15) is 4.79 Å². The van der Waals surface area contributed by atoms with E-state index in [0.29, 0.717) is 17.9 Å². The molecule has 0 radical (unpaired) electrons. The molecule has 0 unspecified atom stereocenters. The van der Waals surface area contributed by atoms with Gasteiger partial charge < -0.3 is 9.84 Å². The van der Waals surface area contributed by atoms with Gasteiger partial charge in [-0.2, -0.15) is 0 Å². The van der Waals surface area contributed by atoms with E-state index in [1.807, 2.05) is 30.3 Å². The summed E-state index contributed by atoms with van der Waals surface area (Å²) in [7, 11) is 0. The van der Waals surface area contributed by atoms with Gasteiger partial charge in [-0.15, -0.1) is 0 Å². The van der Waals surface area contributed by atoms with E-state index in [0.717, 1.165) is 11.1 Å². The smallest absolute Gasteiger partial charge is 0.382 e. The average molecular weight is 328 g/mol. The van der Waals surface area contributed by atoms with Crippen molar-refractivity contribution < 1.29 is 14.6 Å². The third-order valence-corrected chi connectivity index (χ3v) is 3.61. The highest BCUT2D eigenvalue weighted by Gasteiger charge is 2.00. The molecule has 25 heavy (non-hydrogen) atoms. The molecule has 3 nitrogen and oxygen atoms in total. The maximum absolute atomic E-state index is 10.4. The quantitative estimate of drug-likeness (QED) is 0.724. The SMILES string of the molecule is O=C(O)C#Cc1ccc(OCc2cccc(-c3ccccc3)c2)cc1. The second kappa shape index (κ2) is 7.85. The monoisotopic (exact) mass is 328 g/mol. The number of hydrogen-bond acceptors (Lipinski definition) is 2. The summed E-state index contributed by atoms with van der Waals surface area (Å²) in [5.74, 6) is 4.23. The molecule has 0 atom stereocenters. The third kappa shape index (κ3) is 4.73. The lowest BCUT2D eigenvalue weighted by atomic mass is 10.0. The molecule has 0 spiro atoms. The van der Waals surface area contributed by atoms with Crippen molar-refractivity contribution in [3.63, 3.8) is 0 Å². The second-order valence-corrected chi connectivity index (χ2v) is 5.43. The van der Waals surface area contributed by atoms with E-state index in [-0.39, 0.29) is 0 Å². The van der Waals surface area contributed by atoms with E-state index in [2.05, 4.69) is 36.1 Å². The summed E-state index contributed by atoms with van der Waals surface area (Å²) >= 11 is 0. The normalized spacial score (nSPS) is 9.76. The summed E-state index contributed by atoms with van der Waals surface area (Å²) in [5.41, 5.74) is 4.05. The van der Waals surface area contributed by atoms with Crippen molar-refractivity contribution in [2.24, 2.45) is 0 Å². The molecule has 0 fully saturated rings. The topological polar surface area (TPSA) is 46.5 Å². The fourth-order valence-electron chi connectivity index (χ4n) is 2.40. The second-order valence-electron chi connectivity index (χ2n) is 5.43. The molecule has 122 valence electrons. The highest BCUT2D eigenvalue weighted by molar-refractivity contribution is 5.87. The molecule has 0 bridgehead atoms. The lowest BCUT2D eigenvalue weighted by Gasteiger charge is -2.08. The van der Waals surface area contributed by atoms with Gasteiger partial charge in [0.2, 0.25) is 0 Å². The van der Waals surface area contributed by atoms with Gasteiger partial charge in [-0.05, 0) is 47.0 Å². The third-order valence-electron chi connectivity index (χ3n) is 3.61. The Labute approximate surface area is 146 Å². The Balaban J connectivity index is 1.66. The van der Waals surface area contributed by atoms with Crippen LogP contribution in [0.1, 0.15) is 11.1 Å². The summed E-state index contributed by atoms with van der Waals surface area (Å²) in [6, 6.07) is 25.5. The molecule has 0 aliphatic heterocycles. The Morgan fingerprint density at radius 2 is 1.60 bits per heavy atom. The summed E-state index contributed by atoms with van der Waals surface area (Å²) in [6.07, 6.45) is 0. The van der Waals surface area contributed by atoms with Crippen LogP contribution in [0.25, 0.3) is 11.1 Å². The number of benzene rings is 3. The van der Waals surface area contributed by atoms with Gasteiger partial charge in [-0.3, -0.25) is 0 Å². The summed E-state index contributed by atoms with van der Waals surface area (Å²) in [4.78, 5) is 10.4. The average Bonchev–Trinajstić information content (AvgIpc) is 2.66. The minimum Gasteiger partial charge on any atom is -0.489 e. The van der Waals surface area contributed by atoms with Crippen LogP contribution >= 0.6 is 0 Å². The van der Waals surface area contributed by atoms with Crippen molar-refractivity contribution in [2.75, 3.05) is 0 Å². The number of carboxylic acid groups (broad SMARTS) is 1. The number of hydrogen-bond donors (Lipinski definition) is 1. The van der Waals surface area contributed by atoms with Gasteiger partial charge in [0.05, 0.1) is 0 Å². The number of rotatable bonds is 4. The van der Waals surface area contributed by atoms with Crippen molar-refractivity contribution in [1.82, 2.24) is 0 Å². The fraction of sp³-hybridized carbons (Fsp3) is 0.0455. The molecular formula is C22H16O3. The van der Waals surface area contributed by atoms with Gasteiger partial charge in [0.25, 0.3) is 0 Å². The molecule has 0 aromatic heterocycles. The minimum atomic E-state index is -1.14. The Bertz CT molecular complexity index is 917. The number of ether oxygens (including phenoxy) is 1. The van der Waals surface area contributed by atoms with Gasteiger partial charge in [0.1, 0.15) is 12.4 Å². The van der Waals surface area contributed by atoms with Crippen LogP contribution in [-0.2, 0) is 11.4 Å². The van der Waals surface area contributed by atoms with Crippen LogP contribution in [0.4, 0.5) is 0 Å². The highest BCUT2D eigenvalue weighted by Crippen LogP contribution is 2.21. The Kier molecular flexibility index (Phi) is 5.13. The molecule has 0 saturated heterocycles. The van der Waals surface area contributed by atoms with E-state index >= 15 is 0 Å². The lowest BCUT2D eigenvalue weighted by Crippen LogP contribution is -1.95. The molecule has 0 aliphatic rings. The first kappa shape index (κ1) is 16.4. The number of carbonyl (C=O) groups is 1. The zero-order chi connectivity index (χ0) is 17.5. The van der Waals surface area contributed by atoms with Crippen LogP contribution in [0, 0.1) is 11.8 Å². The minimum absolute atomic E-state index is 0.459. The van der Waals surface area contributed by atoms with Crippen LogP contribution in [0.3, 0.4) is 0 Å². The molecule has 1 N–H and O–H groups in total. The summed E-state index contributed by atoms with van der Waals surface area (Å²) < 4.78 is 5.80. The molecule has 3 aromatic carbocycles. The summed E-state index contributed by atoms with van der Waals surface area (Å²) in [6.45, 7) is 0.459. The van der Waals surface area contributed by atoms with Gasteiger partial charge in [0, 0.05) is 11.5 Å². The van der Waals surface area contributed by atoms with Gasteiger partial charge >= 0.3 is 5.97 Å². The zero-order valence-corrected chi connectivity index (χ0v) is 13.5. The van der Waals surface area contributed by atoms with E-state index in [1.54, 1.807) is 24.3 Å². The first-order chi connectivity index (χ1) is 12.2. The number of aliphatic carboxylic acids is 1. The lowest BCUT2D eigenvalue weighted by molar-refractivity contribution is -0.130. The first-order valence-electron chi connectivity index (χ1n) is 7.83. The zero-order valence-electron chi connectivity index (χ0n) is 13.5. The van der Waals surface area contributed by atoms with Crippen LogP contribution in [-0.4, -0.2) is 11.1 Å². The van der Waals surface area contributed by atoms with Crippen molar-refractivity contribution in [3.8, 4) is 28.7 Å². The predicted molar refractivity (Wildman–Crippen MR) is 97.2 cm³/mol. The van der Waals surface area contributed by atoms with Crippen LogP contribution in [0.2, 0.25) is 0 Å². The van der Waals surface area contributed by atoms with Crippen LogP contribution < -0.4 is 4.74 Å². The molecule has 3 heteroatoms. The van der Waals surface area contributed by atoms with Gasteiger partial charge in [-0.1, -0.05) is 54.5 Å². The molecule has 3 aromatic rings. The van der Waals surface area contributed by atoms with Crippen molar-refractivity contribution >= 4 is 5.97 Å². The fourth-order valence-corrected chi connectivity index (χ4v) is 2.40. The van der Waals surface area contributed by atoms with Crippen molar-refractivity contribution in [2.45, 2.75) is 6.61 Å². The van der Waals surface area contributed by atoms with Crippen LogP contribution in [0.5, 0.6) is 5.75 Å². The first-order valence-corrected chi connectivity index (χ1v) is 7.83. The Hall–Kier alpha value is -3.51. The highest BCUT2D eigenvalue weighted by atomic mass is 16.5. The van der Waals surface area contributed by atoms with E-state index in [1.165, 1.54) is 5.56 Å². The molecule has 0 heterocycles. The molecular weight excluding hydrogens is 312 g/mol. The Morgan fingerprint density at radius 1 is 0.880 bits per heavy atom. The van der Waals surface area contributed by atoms with E-state index in [4.69, 9.17) is 9.84 Å². The van der Waals surface area contributed by atoms with Crippen molar-refractivity contribution in [3.05, 3.63) is 90.0 Å². The maximum Gasteiger partial charge on any atom is 0.382 e. The van der Waals surface area contributed by atoms with Gasteiger partial charge in [0.15, 0.2) is 0 Å². The Morgan fingerprint density at radius 3 is 2.32 bits per heavy atom. The predicted octanol–water partition coefficient (Wildman–Crippen LogP) is 4.37. The molecule has 0 aliphatic carbocycles. The van der Waals surface area contributed by atoms with E-state index < -0.39 is 5.97 Å². The maximum atomic E-state index is 10.4. The number of carboxylic acids is 1. The largest absolute Gasteiger partial charge is 0.489 e. The van der Waals surface area contributed by atoms with Gasteiger partial charge in [-0.25, -0.2) is 4.79 Å². The van der Waals surface area contributed by atoms with Crippen molar-refractivity contribution in [1.29, 1.82) is 0 Å². The molecule has 0 amide bonds. The molecule has 3 rings (SSSR count).